The second kappa shape index (κ2) is 8.44. The first-order valence-electron chi connectivity index (χ1n) is 9.44. The maximum Gasteiger partial charge on any atom is 0.264 e. The van der Waals surface area contributed by atoms with Gasteiger partial charge < -0.3 is 0 Å². The molecule has 9 heteroatoms. The molecule has 0 saturated carbocycles. The van der Waals surface area contributed by atoms with Crippen LogP contribution in [0.1, 0.15) is 17.3 Å². The van der Waals surface area contributed by atoms with Crippen LogP contribution in [-0.4, -0.2) is 25.9 Å². The van der Waals surface area contributed by atoms with Crippen molar-refractivity contribution in [2.24, 2.45) is 0 Å². The van der Waals surface area contributed by atoms with Crippen LogP contribution in [0.4, 0.5) is 15.2 Å². The molecule has 1 aromatic heterocycles. The molecule has 0 atom stereocenters. The highest BCUT2D eigenvalue weighted by atomic mass is 32.2. The zero-order chi connectivity index (χ0) is 22.0. The summed E-state index contributed by atoms with van der Waals surface area (Å²) in [6.45, 7) is 2.02. The highest BCUT2D eigenvalue weighted by molar-refractivity contribution is 7.92. The van der Waals surface area contributed by atoms with Gasteiger partial charge in [0, 0.05) is 12.1 Å². The van der Waals surface area contributed by atoms with Crippen LogP contribution in [0.5, 0.6) is 0 Å². The molecule has 0 radical (unpaired) electrons. The third-order valence-electron chi connectivity index (χ3n) is 4.63. The highest BCUT2D eigenvalue weighted by Crippen LogP contribution is 2.28. The molecule has 0 spiro atoms. The number of thiazole rings is 1. The van der Waals surface area contributed by atoms with Gasteiger partial charge in [-0.2, -0.15) is 0 Å². The van der Waals surface area contributed by atoms with E-state index in [1.165, 1.54) is 34.6 Å². The molecule has 0 aliphatic carbocycles. The largest absolute Gasteiger partial charge is 0.298 e. The Kier molecular flexibility index (Phi) is 5.71. The molecule has 3 aromatic carbocycles. The quantitative estimate of drug-likeness (QED) is 0.448. The third kappa shape index (κ3) is 4.14. The third-order valence-corrected chi connectivity index (χ3v) is 7.48. The van der Waals surface area contributed by atoms with Crippen LogP contribution in [0, 0.1) is 5.82 Å². The summed E-state index contributed by atoms with van der Waals surface area (Å²) in [4.78, 5) is 16.7. The second-order valence-electron chi connectivity index (χ2n) is 6.59. The number of hydrogen-bond donors (Lipinski definition) is 1. The summed E-state index contributed by atoms with van der Waals surface area (Å²) < 4.78 is 41.8. The molecule has 4 aromatic rings. The molecule has 0 aliphatic rings. The monoisotopic (exact) mass is 455 g/mol. The molecule has 0 saturated heterocycles. The number of nitrogens with one attached hydrogen (secondary N) is 1. The van der Waals surface area contributed by atoms with Gasteiger partial charge in [-0.25, -0.2) is 17.8 Å². The molecule has 4 rings (SSSR count). The number of nitrogens with zero attached hydrogens (tertiary/aromatic N) is 2. The van der Waals surface area contributed by atoms with Crippen LogP contribution >= 0.6 is 11.3 Å². The van der Waals surface area contributed by atoms with E-state index in [4.69, 9.17) is 0 Å². The number of para-hydroxylation sites is 2. The smallest absolute Gasteiger partial charge is 0.264 e. The van der Waals surface area contributed by atoms with E-state index in [2.05, 4.69) is 10.3 Å². The Balaban J connectivity index is 1.55. The minimum atomic E-state index is -3.78. The van der Waals surface area contributed by atoms with Gasteiger partial charge in [0.2, 0.25) is 0 Å². The summed E-state index contributed by atoms with van der Waals surface area (Å²) in [5.41, 5.74) is 1.03. The molecule has 158 valence electrons. The fourth-order valence-electron chi connectivity index (χ4n) is 3.13. The normalized spacial score (nSPS) is 11.4. The number of aromatic nitrogens is 1. The van der Waals surface area contributed by atoms with E-state index >= 15 is 0 Å². The van der Waals surface area contributed by atoms with Crippen molar-refractivity contribution in [1.29, 1.82) is 0 Å². The van der Waals surface area contributed by atoms with Gasteiger partial charge in [0.25, 0.3) is 15.9 Å². The molecule has 0 bridgehead atoms. The van der Waals surface area contributed by atoms with Crippen molar-refractivity contribution in [2.45, 2.75) is 11.8 Å². The Labute approximate surface area is 183 Å². The van der Waals surface area contributed by atoms with Crippen LogP contribution in [0.3, 0.4) is 0 Å². The van der Waals surface area contributed by atoms with Gasteiger partial charge >= 0.3 is 0 Å². The van der Waals surface area contributed by atoms with E-state index in [1.807, 2.05) is 6.07 Å². The zero-order valence-electron chi connectivity index (χ0n) is 16.4. The first-order chi connectivity index (χ1) is 14.9. The summed E-state index contributed by atoms with van der Waals surface area (Å²) in [6.07, 6.45) is 0. The lowest BCUT2D eigenvalue weighted by molar-refractivity contribution is 0.102. The molecule has 1 amide bonds. The fraction of sp³-hybridized carbons (Fsp3) is 0.0909. The minimum Gasteiger partial charge on any atom is -0.298 e. The van der Waals surface area contributed by atoms with E-state index in [9.17, 15) is 17.6 Å². The summed E-state index contributed by atoms with van der Waals surface area (Å²) in [6, 6.07) is 19.1. The fourth-order valence-corrected chi connectivity index (χ4v) is 5.48. The van der Waals surface area contributed by atoms with Crippen LogP contribution < -0.4 is 9.62 Å². The lowest BCUT2D eigenvalue weighted by Crippen LogP contribution is -2.30. The predicted octanol–water partition coefficient (Wildman–Crippen LogP) is 4.90. The van der Waals surface area contributed by atoms with Crippen molar-refractivity contribution in [3.8, 4) is 0 Å². The second-order valence-corrected chi connectivity index (χ2v) is 9.48. The Morgan fingerprint density at radius 3 is 2.39 bits per heavy atom. The van der Waals surface area contributed by atoms with Crippen molar-refractivity contribution in [3.63, 3.8) is 0 Å². The van der Waals surface area contributed by atoms with Gasteiger partial charge in [0.1, 0.15) is 11.3 Å². The lowest BCUT2D eigenvalue weighted by Gasteiger charge is -2.22. The first kappa shape index (κ1) is 21.0. The maximum atomic E-state index is 13.8. The molecule has 0 unspecified atom stereocenters. The zero-order valence-corrected chi connectivity index (χ0v) is 18.1. The molecular formula is C22H18FN3O3S2. The number of rotatable bonds is 6. The summed E-state index contributed by atoms with van der Waals surface area (Å²) >= 11 is 1.16. The molecule has 31 heavy (non-hydrogen) atoms. The number of fused-ring (bicyclic) bond motifs is 1. The number of carbonyl (C=O) groups excluding carboxylic acids is 1. The van der Waals surface area contributed by atoms with Crippen molar-refractivity contribution in [2.75, 3.05) is 16.2 Å². The van der Waals surface area contributed by atoms with Crippen molar-refractivity contribution < 1.29 is 17.6 Å². The van der Waals surface area contributed by atoms with E-state index < -0.39 is 21.7 Å². The molecule has 0 fully saturated rings. The molecule has 6 nitrogen and oxygen atoms in total. The number of carbonyl (C=O) groups is 1. The van der Waals surface area contributed by atoms with Crippen LogP contribution in [0.15, 0.2) is 77.7 Å². The summed E-state index contributed by atoms with van der Waals surface area (Å²) in [5, 5.41) is 2.90. The highest BCUT2D eigenvalue weighted by Gasteiger charge is 2.23. The van der Waals surface area contributed by atoms with Gasteiger partial charge in [0.15, 0.2) is 5.13 Å². The molecular weight excluding hydrogens is 437 g/mol. The number of sulfonamides is 1. The molecule has 1 N–H and O–H groups in total. The summed E-state index contributed by atoms with van der Waals surface area (Å²) in [7, 11) is -3.78. The number of hydrogen-bond acceptors (Lipinski definition) is 5. The van der Waals surface area contributed by atoms with Crippen LogP contribution in [0.2, 0.25) is 0 Å². The van der Waals surface area contributed by atoms with E-state index in [0.29, 0.717) is 10.4 Å². The summed E-state index contributed by atoms with van der Waals surface area (Å²) in [5.74, 6) is -0.915. The van der Waals surface area contributed by atoms with E-state index in [-0.39, 0.29) is 27.7 Å². The Hall–Kier alpha value is -3.30. The molecule has 1 heterocycles. The number of amides is 1. The number of benzene rings is 3. The van der Waals surface area contributed by atoms with Gasteiger partial charge in [-0.3, -0.25) is 14.4 Å². The van der Waals surface area contributed by atoms with Crippen molar-refractivity contribution >= 4 is 48.3 Å². The van der Waals surface area contributed by atoms with Gasteiger partial charge in [0.05, 0.1) is 15.3 Å². The van der Waals surface area contributed by atoms with Crippen LogP contribution in [0.25, 0.3) is 10.2 Å². The van der Waals surface area contributed by atoms with Crippen LogP contribution in [-0.2, 0) is 10.0 Å². The van der Waals surface area contributed by atoms with Gasteiger partial charge in [-0.05, 0) is 55.5 Å². The minimum absolute atomic E-state index is 0.0804. The van der Waals surface area contributed by atoms with Crippen molar-refractivity contribution in [3.05, 3.63) is 84.2 Å². The standard InChI is InChI=1S/C22H18FN3O3S2/c1-2-26(16-7-4-3-5-8-16)31(28,29)17-13-11-15(12-14-17)21(27)25-22-24-20-18(23)9-6-10-19(20)30-22/h3-14H,2H2,1H3,(H,24,25,27). The number of halogens is 1. The van der Waals surface area contributed by atoms with E-state index in [0.717, 1.165) is 11.3 Å². The Morgan fingerprint density at radius 1 is 1.03 bits per heavy atom. The average molecular weight is 456 g/mol. The first-order valence-corrected chi connectivity index (χ1v) is 11.7. The predicted molar refractivity (Wildman–Crippen MR) is 121 cm³/mol. The maximum absolute atomic E-state index is 13.8. The van der Waals surface area contributed by atoms with Gasteiger partial charge in [-0.1, -0.05) is 35.6 Å². The number of anilines is 2. The van der Waals surface area contributed by atoms with Crippen molar-refractivity contribution in [1.82, 2.24) is 4.98 Å². The average Bonchev–Trinajstić information content (AvgIpc) is 3.19. The van der Waals surface area contributed by atoms with Gasteiger partial charge in [-0.15, -0.1) is 0 Å². The Morgan fingerprint density at radius 2 is 1.74 bits per heavy atom. The molecule has 0 aliphatic heterocycles. The SMILES string of the molecule is CCN(c1ccccc1)S(=O)(=O)c1ccc(C(=O)Nc2nc3c(F)cccc3s2)cc1. The van der Waals surface area contributed by atoms with E-state index in [1.54, 1.807) is 43.3 Å². The Bertz CT molecular complexity index is 1340. The topological polar surface area (TPSA) is 79.4 Å². The lowest BCUT2D eigenvalue weighted by atomic mass is 10.2.